The van der Waals surface area contributed by atoms with Gasteiger partial charge in [-0.2, -0.15) is 0 Å². The van der Waals surface area contributed by atoms with E-state index in [0.717, 1.165) is 85.8 Å². The maximum Gasteiger partial charge on any atom is 0.131 e. The molecule has 1 aliphatic heterocycles. The average Bonchev–Trinajstić information content (AvgIpc) is 2.83. The van der Waals surface area contributed by atoms with Gasteiger partial charge in [-0.25, -0.2) is 0 Å². The summed E-state index contributed by atoms with van der Waals surface area (Å²) in [7, 11) is 0. The first-order chi connectivity index (χ1) is 16.2. The summed E-state index contributed by atoms with van der Waals surface area (Å²) in [6, 6.07) is 0. The fraction of sp³-hybridized carbons (Fsp3) is 0.724. The van der Waals surface area contributed by atoms with E-state index in [9.17, 15) is 15.3 Å². The number of aliphatic hydroxyl groups is 3. The molecule has 5 heteroatoms. The van der Waals surface area contributed by atoms with Crippen LogP contribution >= 0.6 is 0 Å². The van der Waals surface area contributed by atoms with Crippen LogP contribution in [0.2, 0.25) is 0 Å². The topological polar surface area (TPSA) is 90.2 Å². The summed E-state index contributed by atoms with van der Waals surface area (Å²) in [5.41, 5.74) is 3.31. The van der Waals surface area contributed by atoms with E-state index in [1.54, 1.807) is 0 Å². The molecule has 0 aliphatic carbocycles. The molecular weight excluding hydrogens is 428 g/mol. The van der Waals surface area contributed by atoms with Crippen LogP contribution in [0.25, 0.3) is 6.08 Å². The van der Waals surface area contributed by atoms with Crippen LogP contribution in [0.1, 0.15) is 93.9 Å². The number of phenols is 1. The highest BCUT2D eigenvalue weighted by Crippen LogP contribution is 2.43. The van der Waals surface area contributed by atoms with Gasteiger partial charge in [0.2, 0.25) is 0 Å². The molecule has 0 saturated heterocycles. The molecule has 4 unspecified atom stereocenters. The van der Waals surface area contributed by atoms with Gasteiger partial charge in [0.1, 0.15) is 17.1 Å². The minimum atomic E-state index is -0.388. The maximum absolute atomic E-state index is 10.4. The Hall–Kier alpha value is -1.56. The van der Waals surface area contributed by atoms with Crippen molar-refractivity contribution in [2.75, 3.05) is 19.8 Å². The number of ether oxygens (including phenoxy) is 1. The molecule has 0 saturated carbocycles. The number of phenolic OH excluding ortho intramolecular Hbond substituents is 1. The molecular formula is C29H48O5. The molecule has 0 amide bonds. The average molecular weight is 477 g/mol. The number of aliphatic hydroxyl groups excluding tert-OH is 3. The van der Waals surface area contributed by atoms with Gasteiger partial charge in [0, 0.05) is 30.9 Å². The number of benzene rings is 1. The Morgan fingerprint density at radius 1 is 0.794 bits per heavy atom. The summed E-state index contributed by atoms with van der Waals surface area (Å²) in [6.07, 6.45) is 13.0. The minimum absolute atomic E-state index is 0.199. The van der Waals surface area contributed by atoms with Crippen LogP contribution < -0.4 is 4.74 Å². The van der Waals surface area contributed by atoms with E-state index >= 15 is 0 Å². The van der Waals surface area contributed by atoms with Gasteiger partial charge >= 0.3 is 0 Å². The molecule has 0 aromatic heterocycles. The second-order valence-electron chi connectivity index (χ2n) is 10.9. The number of fused-ring (bicyclic) bond motifs is 1. The lowest BCUT2D eigenvalue weighted by Crippen LogP contribution is -2.32. The normalized spacial score (nSPS) is 20.0. The van der Waals surface area contributed by atoms with Gasteiger partial charge in [0.15, 0.2) is 0 Å². The van der Waals surface area contributed by atoms with Gasteiger partial charge in [-0.05, 0) is 108 Å². The lowest BCUT2D eigenvalue weighted by atomic mass is 9.87. The van der Waals surface area contributed by atoms with E-state index in [0.29, 0.717) is 17.6 Å². The van der Waals surface area contributed by atoms with Crippen LogP contribution in [0.15, 0.2) is 6.08 Å². The second-order valence-corrected chi connectivity index (χ2v) is 10.9. The van der Waals surface area contributed by atoms with E-state index in [2.05, 4.69) is 26.0 Å². The summed E-state index contributed by atoms with van der Waals surface area (Å²) in [5, 5.41) is 39.1. The van der Waals surface area contributed by atoms with Crippen molar-refractivity contribution in [2.45, 2.75) is 98.0 Å². The Balaban J connectivity index is 1.80. The minimum Gasteiger partial charge on any atom is -0.507 e. The molecule has 0 radical (unpaired) electrons. The molecule has 2 rings (SSSR count). The Kier molecular flexibility index (Phi) is 11.4. The first-order valence-corrected chi connectivity index (χ1v) is 13.2. The number of aromatic hydroxyl groups is 1. The summed E-state index contributed by atoms with van der Waals surface area (Å²) >= 11 is 0. The van der Waals surface area contributed by atoms with Gasteiger partial charge in [-0.15, -0.1) is 0 Å². The van der Waals surface area contributed by atoms with E-state index in [4.69, 9.17) is 9.84 Å². The standard InChI is InChI=1S/C29H48O5/c1-20(17-30)9-6-10-24(18-31)11-7-12-25(19-32)13-8-15-29(5)16-14-26-23(4)27(33)21(2)22(3)28(26)34-29/h14,16,20,24-25,30-33H,6-13,15,17-19H2,1-5H3. The molecule has 194 valence electrons. The van der Waals surface area contributed by atoms with E-state index < -0.39 is 0 Å². The highest BCUT2D eigenvalue weighted by molar-refractivity contribution is 5.71. The molecule has 1 aliphatic rings. The lowest BCUT2D eigenvalue weighted by Gasteiger charge is -2.34. The van der Waals surface area contributed by atoms with Gasteiger partial charge in [0.05, 0.1) is 0 Å². The van der Waals surface area contributed by atoms with Crippen molar-refractivity contribution in [2.24, 2.45) is 17.8 Å². The predicted octanol–water partition coefficient (Wildman–Crippen LogP) is 5.84. The first kappa shape index (κ1) is 28.7. The fourth-order valence-electron chi connectivity index (χ4n) is 5.06. The van der Waals surface area contributed by atoms with E-state index in [1.165, 1.54) is 0 Å². The third-order valence-corrected chi connectivity index (χ3v) is 7.85. The lowest BCUT2D eigenvalue weighted by molar-refractivity contribution is 0.116. The third-order valence-electron chi connectivity index (χ3n) is 7.85. The fourth-order valence-corrected chi connectivity index (χ4v) is 5.06. The van der Waals surface area contributed by atoms with Crippen molar-refractivity contribution in [3.8, 4) is 11.5 Å². The molecule has 5 nitrogen and oxygen atoms in total. The Labute approximate surface area is 206 Å². The summed E-state index contributed by atoms with van der Waals surface area (Å²) in [6.45, 7) is 10.7. The molecule has 0 spiro atoms. The summed E-state index contributed by atoms with van der Waals surface area (Å²) < 4.78 is 6.47. The zero-order valence-corrected chi connectivity index (χ0v) is 22.1. The number of hydrogen-bond acceptors (Lipinski definition) is 5. The van der Waals surface area contributed by atoms with Crippen LogP contribution in [0.3, 0.4) is 0 Å². The third kappa shape index (κ3) is 7.73. The van der Waals surface area contributed by atoms with Gasteiger partial charge in [-0.1, -0.05) is 25.8 Å². The van der Waals surface area contributed by atoms with Gasteiger partial charge < -0.3 is 25.2 Å². The molecule has 4 atom stereocenters. The molecule has 1 aromatic carbocycles. The van der Waals surface area contributed by atoms with E-state index in [1.807, 2.05) is 20.8 Å². The van der Waals surface area contributed by atoms with Crippen molar-refractivity contribution < 1.29 is 25.2 Å². The van der Waals surface area contributed by atoms with Crippen LogP contribution in [0, 0.1) is 38.5 Å². The first-order valence-electron chi connectivity index (χ1n) is 13.2. The van der Waals surface area contributed by atoms with Gasteiger partial charge in [-0.3, -0.25) is 0 Å². The second kappa shape index (κ2) is 13.5. The highest BCUT2D eigenvalue weighted by Gasteiger charge is 2.30. The van der Waals surface area contributed by atoms with Gasteiger partial charge in [0.25, 0.3) is 0 Å². The van der Waals surface area contributed by atoms with E-state index in [-0.39, 0.29) is 31.3 Å². The van der Waals surface area contributed by atoms with Crippen molar-refractivity contribution >= 4 is 6.08 Å². The highest BCUT2D eigenvalue weighted by atomic mass is 16.5. The zero-order valence-electron chi connectivity index (χ0n) is 22.1. The quantitative estimate of drug-likeness (QED) is 0.255. The predicted molar refractivity (Wildman–Crippen MR) is 139 cm³/mol. The largest absolute Gasteiger partial charge is 0.507 e. The van der Waals surface area contributed by atoms with Crippen LogP contribution in [0.5, 0.6) is 11.5 Å². The molecule has 1 aromatic rings. The van der Waals surface area contributed by atoms with Crippen molar-refractivity contribution in [1.29, 1.82) is 0 Å². The monoisotopic (exact) mass is 476 g/mol. The smallest absolute Gasteiger partial charge is 0.131 e. The molecule has 4 N–H and O–H groups in total. The molecule has 1 heterocycles. The number of rotatable bonds is 15. The van der Waals surface area contributed by atoms with Crippen LogP contribution in [-0.2, 0) is 0 Å². The Morgan fingerprint density at radius 3 is 1.91 bits per heavy atom. The SMILES string of the molecule is Cc1c(C)c2c(c(C)c1O)C=CC(C)(CCCC(CO)CCCC(CO)CCCC(C)CO)O2. The van der Waals surface area contributed by atoms with Crippen molar-refractivity contribution in [1.82, 2.24) is 0 Å². The van der Waals surface area contributed by atoms with Crippen LogP contribution in [0.4, 0.5) is 0 Å². The summed E-state index contributed by atoms with van der Waals surface area (Å²) in [4.78, 5) is 0. The molecule has 0 fully saturated rings. The zero-order chi connectivity index (χ0) is 25.3. The van der Waals surface area contributed by atoms with Crippen molar-refractivity contribution in [3.63, 3.8) is 0 Å². The van der Waals surface area contributed by atoms with Crippen molar-refractivity contribution in [3.05, 3.63) is 28.3 Å². The summed E-state index contributed by atoms with van der Waals surface area (Å²) in [5.74, 6) is 2.16. The Morgan fingerprint density at radius 2 is 1.35 bits per heavy atom. The number of hydrogen-bond donors (Lipinski definition) is 4. The Bertz CT molecular complexity index is 802. The van der Waals surface area contributed by atoms with Crippen LogP contribution in [-0.4, -0.2) is 45.8 Å². The molecule has 0 bridgehead atoms. The molecule has 34 heavy (non-hydrogen) atoms. The maximum atomic E-state index is 10.4.